The summed E-state index contributed by atoms with van der Waals surface area (Å²) in [7, 11) is 0. The number of nitrogens with one attached hydrogen (secondary N) is 1. The first kappa shape index (κ1) is 25.2. The van der Waals surface area contributed by atoms with E-state index in [-0.39, 0.29) is 5.91 Å². The van der Waals surface area contributed by atoms with Gasteiger partial charge in [-0.2, -0.15) is 0 Å². The summed E-state index contributed by atoms with van der Waals surface area (Å²) in [5.41, 5.74) is 0.617. The number of rotatable bonds is 17. The van der Waals surface area contributed by atoms with Crippen LogP contribution >= 0.6 is 0 Å². The minimum absolute atomic E-state index is 0.0171. The SMILES string of the molecule is C=C(C)C(=O)NCC(CCCCCCCC(C)C)CCCCCC(C)C. The van der Waals surface area contributed by atoms with Crippen molar-refractivity contribution in [3.05, 3.63) is 12.2 Å². The zero-order valence-corrected chi connectivity index (χ0v) is 18.5. The standard InChI is InChI=1S/C24H47NO/c1-20(2)15-11-8-7-9-13-17-23(19-25-24(26)22(5)6)18-14-10-12-16-21(3)4/h20-21,23H,5,7-19H2,1-4,6H3,(H,25,26). The highest BCUT2D eigenvalue weighted by Gasteiger charge is 2.11. The summed E-state index contributed by atoms with van der Waals surface area (Å²) in [4.78, 5) is 11.8. The van der Waals surface area contributed by atoms with Gasteiger partial charge < -0.3 is 5.32 Å². The lowest BCUT2D eigenvalue weighted by molar-refractivity contribution is -0.117. The summed E-state index contributed by atoms with van der Waals surface area (Å²) in [5.74, 6) is 2.31. The first-order chi connectivity index (χ1) is 12.3. The molecule has 1 N–H and O–H groups in total. The molecule has 2 heteroatoms. The molecule has 2 nitrogen and oxygen atoms in total. The molecule has 1 atom stereocenters. The highest BCUT2D eigenvalue weighted by molar-refractivity contribution is 5.92. The molecule has 26 heavy (non-hydrogen) atoms. The Balaban J connectivity index is 3.99. The van der Waals surface area contributed by atoms with Crippen molar-refractivity contribution in [1.29, 1.82) is 0 Å². The van der Waals surface area contributed by atoms with Gasteiger partial charge in [0.15, 0.2) is 0 Å². The molecule has 0 saturated heterocycles. The molecular formula is C24H47NO. The van der Waals surface area contributed by atoms with Gasteiger partial charge in [-0.25, -0.2) is 0 Å². The van der Waals surface area contributed by atoms with Gasteiger partial charge in [0.1, 0.15) is 0 Å². The average molecular weight is 366 g/mol. The van der Waals surface area contributed by atoms with Crippen molar-refractivity contribution in [2.24, 2.45) is 17.8 Å². The van der Waals surface area contributed by atoms with Crippen LogP contribution in [0.25, 0.3) is 0 Å². The van der Waals surface area contributed by atoms with Crippen LogP contribution in [0.2, 0.25) is 0 Å². The molecule has 0 aromatic rings. The summed E-state index contributed by atoms with van der Waals surface area (Å²) >= 11 is 0. The Bertz CT molecular complexity index is 359. The van der Waals surface area contributed by atoms with Crippen molar-refractivity contribution in [2.75, 3.05) is 6.54 Å². The maximum absolute atomic E-state index is 11.8. The van der Waals surface area contributed by atoms with Gasteiger partial charge in [-0.05, 0) is 37.5 Å². The van der Waals surface area contributed by atoms with Crippen LogP contribution in [-0.4, -0.2) is 12.5 Å². The molecule has 154 valence electrons. The third-order valence-electron chi connectivity index (χ3n) is 5.23. The number of hydrogen-bond acceptors (Lipinski definition) is 1. The van der Waals surface area contributed by atoms with E-state index in [1.807, 2.05) is 0 Å². The lowest BCUT2D eigenvalue weighted by Gasteiger charge is -2.18. The van der Waals surface area contributed by atoms with E-state index in [0.29, 0.717) is 11.5 Å². The van der Waals surface area contributed by atoms with Crippen LogP contribution < -0.4 is 5.32 Å². The number of hydrogen-bond donors (Lipinski definition) is 1. The Hall–Kier alpha value is -0.790. The van der Waals surface area contributed by atoms with E-state index in [1.54, 1.807) is 6.92 Å². The van der Waals surface area contributed by atoms with Crippen molar-refractivity contribution in [3.63, 3.8) is 0 Å². The maximum atomic E-state index is 11.8. The molecule has 0 saturated carbocycles. The Morgan fingerprint density at radius 3 is 1.54 bits per heavy atom. The van der Waals surface area contributed by atoms with Crippen LogP contribution in [0, 0.1) is 17.8 Å². The van der Waals surface area contributed by atoms with E-state index in [0.717, 1.165) is 18.4 Å². The van der Waals surface area contributed by atoms with Gasteiger partial charge in [-0.15, -0.1) is 0 Å². The first-order valence-corrected chi connectivity index (χ1v) is 11.3. The van der Waals surface area contributed by atoms with Crippen molar-refractivity contribution < 1.29 is 4.79 Å². The van der Waals surface area contributed by atoms with E-state index in [4.69, 9.17) is 0 Å². The molecule has 0 rings (SSSR count). The minimum atomic E-state index is 0.0171. The molecular weight excluding hydrogens is 318 g/mol. The van der Waals surface area contributed by atoms with Gasteiger partial charge in [0.2, 0.25) is 5.91 Å². The molecule has 0 aliphatic carbocycles. The Morgan fingerprint density at radius 1 is 0.731 bits per heavy atom. The molecule has 0 aromatic heterocycles. The lowest BCUT2D eigenvalue weighted by Crippen LogP contribution is -2.29. The van der Waals surface area contributed by atoms with Gasteiger partial charge >= 0.3 is 0 Å². The fraction of sp³-hybridized carbons (Fsp3) is 0.875. The van der Waals surface area contributed by atoms with Crippen LogP contribution in [0.3, 0.4) is 0 Å². The maximum Gasteiger partial charge on any atom is 0.246 e. The molecule has 0 radical (unpaired) electrons. The third kappa shape index (κ3) is 16.7. The highest BCUT2D eigenvalue weighted by atomic mass is 16.1. The number of unbranched alkanes of at least 4 members (excludes halogenated alkanes) is 6. The van der Waals surface area contributed by atoms with Crippen molar-refractivity contribution in [1.82, 2.24) is 5.32 Å². The summed E-state index contributed by atoms with van der Waals surface area (Å²) in [6.07, 6.45) is 16.0. The zero-order chi connectivity index (χ0) is 19.8. The van der Waals surface area contributed by atoms with Crippen molar-refractivity contribution >= 4 is 5.91 Å². The quantitative estimate of drug-likeness (QED) is 0.213. The van der Waals surface area contributed by atoms with Gasteiger partial charge in [-0.1, -0.05) is 98.5 Å². The average Bonchev–Trinajstić information content (AvgIpc) is 2.56. The Labute approximate surface area is 164 Å². The molecule has 1 unspecified atom stereocenters. The van der Waals surface area contributed by atoms with Crippen LogP contribution in [0.1, 0.15) is 112 Å². The zero-order valence-electron chi connectivity index (χ0n) is 18.5. The minimum Gasteiger partial charge on any atom is -0.352 e. The molecule has 0 aromatic carbocycles. The monoisotopic (exact) mass is 365 g/mol. The van der Waals surface area contributed by atoms with Crippen molar-refractivity contribution in [3.8, 4) is 0 Å². The lowest BCUT2D eigenvalue weighted by atomic mass is 9.93. The van der Waals surface area contributed by atoms with Crippen LogP contribution in [0.15, 0.2) is 12.2 Å². The second kappa shape index (κ2) is 16.4. The molecule has 0 spiro atoms. The molecule has 0 fully saturated rings. The van der Waals surface area contributed by atoms with Gasteiger partial charge in [-0.3, -0.25) is 4.79 Å². The number of amides is 1. The summed E-state index contributed by atoms with van der Waals surface area (Å²) in [5, 5.41) is 3.08. The number of carbonyl (C=O) groups is 1. The smallest absolute Gasteiger partial charge is 0.246 e. The van der Waals surface area contributed by atoms with E-state index in [2.05, 4.69) is 39.6 Å². The molecule has 0 aliphatic heterocycles. The number of carbonyl (C=O) groups excluding carboxylic acids is 1. The first-order valence-electron chi connectivity index (χ1n) is 11.3. The topological polar surface area (TPSA) is 29.1 Å². The summed E-state index contributed by atoms with van der Waals surface area (Å²) < 4.78 is 0. The predicted octanol–water partition coefficient (Wildman–Crippen LogP) is 7.29. The van der Waals surface area contributed by atoms with E-state index >= 15 is 0 Å². The molecule has 0 bridgehead atoms. The van der Waals surface area contributed by atoms with Crippen LogP contribution in [-0.2, 0) is 4.79 Å². The molecule has 1 amide bonds. The van der Waals surface area contributed by atoms with E-state index < -0.39 is 0 Å². The van der Waals surface area contributed by atoms with Crippen LogP contribution in [0.4, 0.5) is 0 Å². The predicted molar refractivity (Wildman–Crippen MR) is 116 cm³/mol. The fourth-order valence-corrected chi connectivity index (χ4v) is 3.41. The van der Waals surface area contributed by atoms with Crippen molar-refractivity contribution in [2.45, 2.75) is 112 Å². The molecule has 0 heterocycles. The van der Waals surface area contributed by atoms with Gasteiger partial charge in [0.25, 0.3) is 0 Å². The Morgan fingerprint density at radius 2 is 1.12 bits per heavy atom. The van der Waals surface area contributed by atoms with E-state index in [9.17, 15) is 4.79 Å². The van der Waals surface area contributed by atoms with Gasteiger partial charge in [0.05, 0.1) is 0 Å². The summed E-state index contributed by atoms with van der Waals surface area (Å²) in [6, 6.07) is 0. The van der Waals surface area contributed by atoms with Crippen LogP contribution in [0.5, 0.6) is 0 Å². The fourth-order valence-electron chi connectivity index (χ4n) is 3.41. The molecule has 0 aliphatic rings. The largest absolute Gasteiger partial charge is 0.352 e. The second-order valence-corrected chi connectivity index (χ2v) is 9.13. The van der Waals surface area contributed by atoms with E-state index in [1.165, 1.54) is 77.0 Å². The normalized spacial score (nSPS) is 12.6. The Kier molecular flexibility index (Phi) is 15.9. The second-order valence-electron chi connectivity index (χ2n) is 9.13. The third-order valence-corrected chi connectivity index (χ3v) is 5.23. The van der Waals surface area contributed by atoms with Gasteiger partial charge in [0, 0.05) is 12.1 Å². The highest BCUT2D eigenvalue weighted by Crippen LogP contribution is 2.19. The summed E-state index contributed by atoms with van der Waals surface area (Å²) in [6.45, 7) is 15.6.